The van der Waals surface area contributed by atoms with E-state index >= 15 is 0 Å². The Morgan fingerprint density at radius 1 is 1.09 bits per heavy atom. The third kappa shape index (κ3) is 5.91. The minimum atomic E-state index is 0.229. The highest BCUT2D eigenvalue weighted by Gasteiger charge is 2.24. The van der Waals surface area contributed by atoms with Gasteiger partial charge in [0.2, 0.25) is 0 Å². The first kappa shape index (κ1) is 22.4. The average molecular weight is 438 g/mol. The SMILES string of the molecule is CN=C(NCc1ccc(N2CC(C)OC(C)C2)nc1)N1CCC(Oc2ccccc2)CC1. The van der Waals surface area contributed by atoms with Crippen molar-refractivity contribution >= 4 is 11.8 Å². The maximum absolute atomic E-state index is 6.11. The van der Waals surface area contributed by atoms with Crippen molar-refractivity contribution in [1.82, 2.24) is 15.2 Å². The van der Waals surface area contributed by atoms with Gasteiger partial charge < -0.3 is 24.6 Å². The number of piperidine rings is 1. The van der Waals surface area contributed by atoms with Crippen molar-refractivity contribution < 1.29 is 9.47 Å². The van der Waals surface area contributed by atoms with Crippen LogP contribution in [-0.2, 0) is 11.3 Å². The molecule has 0 saturated carbocycles. The molecule has 4 rings (SSSR count). The highest BCUT2D eigenvalue weighted by molar-refractivity contribution is 5.80. The maximum Gasteiger partial charge on any atom is 0.193 e. The third-order valence-electron chi connectivity index (χ3n) is 6.00. The van der Waals surface area contributed by atoms with Gasteiger partial charge in [0.15, 0.2) is 5.96 Å². The van der Waals surface area contributed by atoms with E-state index in [2.05, 4.69) is 46.1 Å². The van der Waals surface area contributed by atoms with Crippen molar-refractivity contribution in [2.75, 3.05) is 38.1 Å². The first-order valence-corrected chi connectivity index (χ1v) is 11.6. The van der Waals surface area contributed by atoms with Crippen LogP contribution in [0, 0.1) is 0 Å². The smallest absolute Gasteiger partial charge is 0.193 e. The van der Waals surface area contributed by atoms with E-state index in [1.807, 2.05) is 43.6 Å². The normalized spacial score (nSPS) is 22.7. The number of nitrogens with zero attached hydrogens (tertiary/aromatic N) is 4. The zero-order valence-electron chi connectivity index (χ0n) is 19.4. The monoisotopic (exact) mass is 437 g/mol. The summed E-state index contributed by atoms with van der Waals surface area (Å²) in [5.41, 5.74) is 1.14. The predicted molar refractivity (Wildman–Crippen MR) is 128 cm³/mol. The molecule has 0 radical (unpaired) electrons. The second-order valence-electron chi connectivity index (χ2n) is 8.71. The Hall–Kier alpha value is -2.80. The van der Waals surface area contributed by atoms with Gasteiger partial charge in [-0.2, -0.15) is 0 Å². The van der Waals surface area contributed by atoms with E-state index in [1.54, 1.807) is 0 Å². The van der Waals surface area contributed by atoms with E-state index in [9.17, 15) is 0 Å². The van der Waals surface area contributed by atoms with E-state index in [-0.39, 0.29) is 18.3 Å². The predicted octanol–water partition coefficient (Wildman–Crippen LogP) is 3.31. The summed E-state index contributed by atoms with van der Waals surface area (Å²) in [5.74, 6) is 2.90. The molecule has 0 spiro atoms. The quantitative estimate of drug-likeness (QED) is 0.572. The lowest BCUT2D eigenvalue weighted by molar-refractivity contribution is -0.00546. The Morgan fingerprint density at radius 2 is 1.81 bits per heavy atom. The Bertz CT molecular complexity index is 856. The topological polar surface area (TPSA) is 62.2 Å². The van der Waals surface area contributed by atoms with E-state index in [0.717, 1.165) is 62.1 Å². The van der Waals surface area contributed by atoms with Crippen LogP contribution in [0.25, 0.3) is 0 Å². The molecule has 1 N–H and O–H groups in total. The Labute approximate surface area is 191 Å². The number of ether oxygens (including phenoxy) is 2. The molecule has 0 bridgehead atoms. The minimum absolute atomic E-state index is 0.229. The summed E-state index contributed by atoms with van der Waals surface area (Å²) in [7, 11) is 1.84. The number of morpholine rings is 1. The van der Waals surface area contributed by atoms with Gasteiger partial charge in [0.05, 0.1) is 12.2 Å². The molecule has 2 aliphatic heterocycles. The molecule has 172 valence electrons. The van der Waals surface area contributed by atoms with Crippen molar-refractivity contribution in [1.29, 1.82) is 0 Å². The molecule has 2 fully saturated rings. The maximum atomic E-state index is 6.11. The van der Waals surface area contributed by atoms with Crippen molar-refractivity contribution in [2.24, 2.45) is 4.99 Å². The van der Waals surface area contributed by atoms with Gasteiger partial charge in [-0.15, -0.1) is 0 Å². The van der Waals surface area contributed by atoms with Crippen molar-refractivity contribution in [3.63, 3.8) is 0 Å². The number of anilines is 1. The van der Waals surface area contributed by atoms with Crippen LogP contribution < -0.4 is 15.0 Å². The first-order chi connectivity index (χ1) is 15.6. The number of nitrogens with one attached hydrogen (secondary N) is 1. The van der Waals surface area contributed by atoms with Crippen LogP contribution in [0.2, 0.25) is 0 Å². The van der Waals surface area contributed by atoms with Gasteiger partial charge in [0.1, 0.15) is 17.7 Å². The number of para-hydroxylation sites is 1. The number of hydrogen-bond acceptors (Lipinski definition) is 5. The van der Waals surface area contributed by atoms with Crippen molar-refractivity contribution in [3.05, 3.63) is 54.2 Å². The van der Waals surface area contributed by atoms with Crippen molar-refractivity contribution in [3.8, 4) is 5.75 Å². The summed E-state index contributed by atoms with van der Waals surface area (Å²) in [4.78, 5) is 13.8. The fourth-order valence-corrected chi connectivity index (χ4v) is 4.46. The second kappa shape index (κ2) is 10.7. The number of aliphatic imine (C=N–C) groups is 1. The summed E-state index contributed by atoms with van der Waals surface area (Å²) in [6.07, 6.45) is 4.65. The molecule has 7 heteroatoms. The van der Waals surface area contributed by atoms with Crippen LogP contribution in [0.15, 0.2) is 53.7 Å². The van der Waals surface area contributed by atoms with Gasteiger partial charge in [-0.05, 0) is 37.6 Å². The number of hydrogen-bond donors (Lipinski definition) is 1. The van der Waals surface area contributed by atoms with Crippen LogP contribution in [0.4, 0.5) is 5.82 Å². The standard InChI is InChI=1S/C25H35N5O2/c1-19-17-30(18-20(2)31-19)24-10-9-21(15-27-24)16-28-25(26-3)29-13-11-23(12-14-29)32-22-7-5-4-6-8-22/h4-10,15,19-20,23H,11-14,16-18H2,1-3H3,(H,26,28). The Kier molecular flexibility index (Phi) is 7.47. The second-order valence-corrected chi connectivity index (χ2v) is 8.71. The van der Waals surface area contributed by atoms with Gasteiger partial charge in [-0.25, -0.2) is 4.98 Å². The molecular formula is C25H35N5O2. The largest absolute Gasteiger partial charge is 0.490 e. The van der Waals surface area contributed by atoms with Crippen LogP contribution in [0.3, 0.4) is 0 Å². The molecule has 3 heterocycles. The molecule has 1 aromatic carbocycles. The van der Waals surface area contributed by atoms with E-state index in [4.69, 9.17) is 14.5 Å². The van der Waals surface area contributed by atoms with Gasteiger partial charge in [-0.1, -0.05) is 24.3 Å². The van der Waals surface area contributed by atoms with E-state index < -0.39 is 0 Å². The molecule has 2 aliphatic rings. The number of guanidine groups is 1. The number of likely N-dealkylation sites (tertiary alicyclic amines) is 1. The molecule has 2 saturated heterocycles. The van der Waals surface area contributed by atoms with Crippen LogP contribution in [0.1, 0.15) is 32.3 Å². The third-order valence-corrected chi connectivity index (χ3v) is 6.00. The highest BCUT2D eigenvalue weighted by atomic mass is 16.5. The summed E-state index contributed by atoms with van der Waals surface area (Å²) in [6.45, 7) is 8.56. The molecule has 2 unspecified atom stereocenters. The molecule has 2 atom stereocenters. The lowest BCUT2D eigenvalue weighted by Crippen LogP contribution is -2.47. The van der Waals surface area contributed by atoms with E-state index in [1.165, 1.54) is 0 Å². The lowest BCUT2D eigenvalue weighted by Gasteiger charge is -2.36. The number of rotatable bonds is 5. The van der Waals surface area contributed by atoms with Crippen LogP contribution in [0.5, 0.6) is 5.75 Å². The number of benzene rings is 1. The fraction of sp³-hybridized carbons (Fsp3) is 0.520. The first-order valence-electron chi connectivity index (χ1n) is 11.6. The van der Waals surface area contributed by atoms with Gasteiger partial charge in [-0.3, -0.25) is 4.99 Å². The summed E-state index contributed by atoms with van der Waals surface area (Å²) in [5, 5.41) is 3.49. The van der Waals surface area contributed by atoms with Crippen molar-refractivity contribution in [2.45, 2.75) is 51.5 Å². The molecule has 2 aromatic rings. The van der Waals surface area contributed by atoms with E-state index in [0.29, 0.717) is 6.54 Å². The molecule has 0 amide bonds. The Balaban J connectivity index is 1.25. The molecular weight excluding hydrogens is 402 g/mol. The molecule has 1 aromatic heterocycles. The van der Waals surface area contributed by atoms with Gasteiger partial charge in [0, 0.05) is 58.8 Å². The average Bonchev–Trinajstić information content (AvgIpc) is 2.81. The van der Waals surface area contributed by atoms with Crippen LogP contribution in [-0.4, -0.2) is 67.4 Å². The number of aromatic nitrogens is 1. The van der Waals surface area contributed by atoms with Crippen LogP contribution >= 0.6 is 0 Å². The van der Waals surface area contributed by atoms with Gasteiger partial charge in [0.25, 0.3) is 0 Å². The molecule has 0 aliphatic carbocycles. The number of pyridine rings is 1. The van der Waals surface area contributed by atoms with Gasteiger partial charge >= 0.3 is 0 Å². The summed E-state index contributed by atoms with van der Waals surface area (Å²) >= 11 is 0. The minimum Gasteiger partial charge on any atom is -0.490 e. The lowest BCUT2D eigenvalue weighted by atomic mass is 10.1. The molecule has 32 heavy (non-hydrogen) atoms. The zero-order chi connectivity index (χ0) is 22.3. The molecule has 7 nitrogen and oxygen atoms in total. The Morgan fingerprint density at radius 3 is 2.44 bits per heavy atom. The summed E-state index contributed by atoms with van der Waals surface area (Å²) < 4.78 is 11.9. The summed E-state index contributed by atoms with van der Waals surface area (Å²) in [6, 6.07) is 14.3. The highest BCUT2D eigenvalue weighted by Crippen LogP contribution is 2.20. The fourth-order valence-electron chi connectivity index (χ4n) is 4.46. The zero-order valence-corrected chi connectivity index (χ0v) is 19.4.